The highest BCUT2D eigenvalue weighted by Crippen LogP contribution is 2.29. The maximum atomic E-state index is 11.9. The lowest BCUT2D eigenvalue weighted by Crippen LogP contribution is -2.60. The number of ether oxygens (including phenoxy) is 2. The van der Waals surface area contributed by atoms with Crippen molar-refractivity contribution >= 4 is 12.1 Å². The quantitative estimate of drug-likeness (QED) is 0.673. The Bertz CT molecular complexity index is 337. The summed E-state index contributed by atoms with van der Waals surface area (Å²) in [7, 11) is 0. The van der Waals surface area contributed by atoms with Crippen molar-refractivity contribution in [2.75, 3.05) is 33.0 Å². The zero-order valence-corrected chi connectivity index (χ0v) is 10.7. The molecule has 0 unspecified atom stereocenters. The van der Waals surface area contributed by atoms with E-state index in [1.165, 1.54) is 6.08 Å². The van der Waals surface area contributed by atoms with Crippen LogP contribution in [0.4, 0.5) is 4.79 Å². The number of carboxylic acid groups (broad SMARTS) is 1. The Balaban J connectivity index is 2.94. The number of aliphatic hydroxyl groups excluding tert-OH is 1. The fraction of sp³-hybridized carbons (Fsp3) is 0.667. The lowest BCUT2D eigenvalue weighted by Gasteiger charge is -2.41. The van der Waals surface area contributed by atoms with Crippen molar-refractivity contribution in [3.63, 3.8) is 0 Å². The number of carboxylic acids is 1. The monoisotopic (exact) mass is 273 g/mol. The highest BCUT2D eigenvalue weighted by atomic mass is 16.6. The summed E-state index contributed by atoms with van der Waals surface area (Å²) in [6.45, 7) is 3.49. The molecule has 1 heterocycles. The van der Waals surface area contributed by atoms with Crippen LogP contribution in [0, 0.1) is 0 Å². The van der Waals surface area contributed by atoms with Gasteiger partial charge < -0.3 is 19.7 Å². The molecule has 1 amide bonds. The van der Waals surface area contributed by atoms with Crippen LogP contribution >= 0.6 is 0 Å². The first-order valence-electron chi connectivity index (χ1n) is 6.06. The van der Waals surface area contributed by atoms with Crippen LogP contribution in [0.5, 0.6) is 0 Å². The Kier molecular flexibility index (Phi) is 5.78. The second-order valence-electron chi connectivity index (χ2n) is 4.19. The number of carbonyl (C=O) groups is 2. The standard InChI is InChI=1S/C12H19NO6/c1-2-7-19-11(17)13(5-6-14)12(10(15)16)3-8-18-9-4-12/h2,14H,1,3-9H2,(H,15,16). The van der Waals surface area contributed by atoms with Crippen molar-refractivity contribution in [3.05, 3.63) is 12.7 Å². The molecule has 0 atom stereocenters. The normalized spacial score (nSPS) is 17.5. The Hall–Kier alpha value is -1.60. The van der Waals surface area contributed by atoms with Crippen molar-refractivity contribution in [1.82, 2.24) is 4.90 Å². The predicted octanol–water partition coefficient (Wildman–Crippen LogP) is 0.237. The number of hydrogen-bond donors (Lipinski definition) is 2. The van der Waals surface area contributed by atoms with E-state index in [-0.39, 0.29) is 45.8 Å². The average Bonchev–Trinajstić information content (AvgIpc) is 2.42. The Morgan fingerprint density at radius 2 is 2.05 bits per heavy atom. The number of hydrogen-bond acceptors (Lipinski definition) is 5. The van der Waals surface area contributed by atoms with E-state index < -0.39 is 17.6 Å². The lowest BCUT2D eigenvalue weighted by atomic mass is 9.88. The molecule has 1 fully saturated rings. The molecule has 0 radical (unpaired) electrons. The molecule has 0 spiro atoms. The summed E-state index contributed by atoms with van der Waals surface area (Å²) in [5, 5.41) is 18.5. The first kappa shape index (κ1) is 15.5. The molecule has 108 valence electrons. The van der Waals surface area contributed by atoms with Crippen LogP contribution in [-0.4, -0.2) is 65.7 Å². The molecule has 7 heteroatoms. The van der Waals surface area contributed by atoms with E-state index in [0.717, 1.165) is 4.90 Å². The van der Waals surface area contributed by atoms with Gasteiger partial charge in [0, 0.05) is 32.6 Å². The molecular formula is C12H19NO6. The van der Waals surface area contributed by atoms with E-state index >= 15 is 0 Å². The summed E-state index contributed by atoms with van der Waals surface area (Å²) < 4.78 is 10.0. The van der Waals surface area contributed by atoms with E-state index in [9.17, 15) is 14.7 Å². The maximum absolute atomic E-state index is 11.9. The first-order valence-corrected chi connectivity index (χ1v) is 6.06. The Morgan fingerprint density at radius 1 is 1.42 bits per heavy atom. The van der Waals surface area contributed by atoms with Gasteiger partial charge in [-0.3, -0.25) is 4.90 Å². The van der Waals surface area contributed by atoms with Gasteiger partial charge in [0.1, 0.15) is 12.1 Å². The molecule has 2 N–H and O–H groups in total. The molecule has 0 aromatic carbocycles. The molecular weight excluding hydrogens is 254 g/mol. The first-order chi connectivity index (χ1) is 9.08. The number of amides is 1. The minimum absolute atomic E-state index is 0.00698. The minimum atomic E-state index is -1.38. The summed E-state index contributed by atoms with van der Waals surface area (Å²) in [4.78, 5) is 24.6. The number of β-amino-alcohol motifs (C(OH)–C–C–N with tert-alkyl or cyclic N) is 1. The van der Waals surface area contributed by atoms with Crippen LogP contribution in [0.15, 0.2) is 12.7 Å². The van der Waals surface area contributed by atoms with Gasteiger partial charge in [-0.15, -0.1) is 0 Å². The highest BCUT2D eigenvalue weighted by Gasteiger charge is 2.48. The van der Waals surface area contributed by atoms with E-state index in [0.29, 0.717) is 0 Å². The molecule has 0 aliphatic carbocycles. The van der Waals surface area contributed by atoms with Crippen molar-refractivity contribution in [2.24, 2.45) is 0 Å². The van der Waals surface area contributed by atoms with Crippen molar-refractivity contribution in [2.45, 2.75) is 18.4 Å². The number of nitrogens with zero attached hydrogens (tertiary/aromatic N) is 1. The molecule has 1 rings (SSSR count). The SMILES string of the molecule is C=CCOC(=O)N(CCO)C1(C(=O)O)CCOCC1. The number of aliphatic carboxylic acids is 1. The second kappa shape index (κ2) is 7.10. The van der Waals surface area contributed by atoms with Crippen LogP contribution in [0.3, 0.4) is 0 Å². The number of rotatable bonds is 6. The van der Waals surface area contributed by atoms with E-state index in [2.05, 4.69) is 6.58 Å². The Morgan fingerprint density at radius 3 is 2.53 bits per heavy atom. The van der Waals surface area contributed by atoms with E-state index in [1.807, 2.05) is 0 Å². The van der Waals surface area contributed by atoms with Crippen LogP contribution < -0.4 is 0 Å². The zero-order chi connectivity index (χ0) is 14.3. The fourth-order valence-electron chi connectivity index (χ4n) is 2.10. The lowest BCUT2D eigenvalue weighted by molar-refractivity contribution is -0.157. The highest BCUT2D eigenvalue weighted by molar-refractivity contribution is 5.84. The summed E-state index contributed by atoms with van der Waals surface area (Å²) in [6, 6.07) is 0. The van der Waals surface area contributed by atoms with Crippen LogP contribution in [0.2, 0.25) is 0 Å². The van der Waals surface area contributed by atoms with E-state index in [4.69, 9.17) is 14.6 Å². The third kappa shape index (κ3) is 3.45. The maximum Gasteiger partial charge on any atom is 0.411 e. The summed E-state index contributed by atoms with van der Waals surface area (Å²) in [6.07, 6.45) is 0.974. The van der Waals surface area contributed by atoms with Gasteiger partial charge in [0.15, 0.2) is 0 Å². The topological polar surface area (TPSA) is 96.3 Å². The van der Waals surface area contributed by atoms with Crippen molar-refractivity contribution in [1.29, 1.82) is 0 Å². The summed E-state index contributed by atoms with van der Waals surface area (Å²) in [5.41, 5.74) is -1.38. The molecule has 1 aliphatic heterocycles. The average molecular weight is 273 g/mol. The van der Waals surface area contributed by atoms with Gasteiger partial charge in [-0.2, -0.15) is 0 Å². The zero-order valence-electron chi connectivity index (χ0n) is 10.7. The smallest absolute Gasteiger partial charge is 0.411 e. The third-order valence-electron chi connectivity index (χ3n) is 3.10. The fourth-order valence-corrected chi connectivity index (χ4v) is 2.10. The van der Waals surface area contributed by atoms with Crippen molar-refractivity contribution in [3.8, 4) is 0 Å². The largest absolute Gasteiger partial charge is 0.479 e. The summed E-state index contributed by atoms with van der Waals surface area (Å²) in [5.74, 6) is -1.11. The molecule has 0 aromatic rings. The summed E-state index contributed by atoms with van der Waals surface area (Å²) >= 11 is 0. The molecule has 19 heavy (non-hydrogen) atoms. The molecule has 0 saturated carbocycles. The predicted molar refractivity (Wildman–Crippen MR) is 65.8 cm³/mol. The molecule has 0 aromatic heterocycles. The van der Waals surface area contributed by atoms with Gasteiger partial charge in [0.2, 0.25) is 0 Å². The van der Waals surface area contributed by atoms with Gasteiger partial charge in [0.05, 0.1) is 6.61 Å². The van der Waals surface area contributed by atoms with Crippen molar-refractivity contribution < 1.29 is 29.3 Å². The van der Waals surface area contributed by atoms with Crippen LogP contribution in [-0.2, 0) is 14.3 Å². The number of aliphatic hydroxyl groups is 1. The number of carbonyl (C=O) groups excluding carboxylic acids is 1. The van der Waals surface area contributed by atoms with Crippen LogP contribution in [0.1, 0.15) is 12.8 Å². The molecule has 7 nitrogen and oxygen atoms in total. The Labute approximate surface area is 111 Å². The van der Waals surface area contributed by atoms with Crippen LogP contribution in [0.25, 0.3) is 0 Å². The molecule has 1 aliphatic rings. The van der Waals surface area contributed by atoms with Gasteiger partial charge >= 0.3 is 12.1 Å². The molecule has 1 saturated heterocycles. The van der Waals surface area contributed by atoms with Gasteiger partial charge in [-0.05, 0) is 0 Å². The van der Waals surface area contributed by atoms with Gasteiger partial charge in [0.25, 0.3) is 0 Å². The van der Waals surface area contributed by atoms with E-state index in [1.54, 1.807) is 0 Å². The molecule has 0 bridgehead atoms. The minimum Gasteiger partial charge on any atom is -0.479 e. The third-order valence-corrected chi connectivity index (χ3v) is 3.10. The van der Waals surface area contributed by atoms with Gasteiger partial charge in [-0.25, -0.2) is 9.59 Å². The van der Waals surface area contributed by atoms with Gasteiger partial charge in [-0.1, -0.05) is 12.7 Å². The second-order valence-corrected chi connectivity index (χ2v) is 4.19.